The molecule has 0 saturated heterocycles. The third-order valence-corrected chi connectivity index (χ3v) is 1.58. The molecule has 0 amide bonds. The fourth-order valence-corrected chi connectivity index (χ4v) is 0.962. The molecule has 0 saturated carbocycles. The van der Waals surface area contributed by atoms with Crippen LogP contribution in [0.5, 0.6) is 0 Å². The maximum absolute atomic E-state index is 8.99. The highest BCUT2D eigenvalue weighted by Crippen LogP contribution is 2.06. The van der Waals surface area contributed by atoms with Crippen molar-refractivity contribution in [3.8, 4) is 6.07 Å². The molecule has 0 aromatic heterocycles. The average Bonchev–Trinajstić information content (AvgIpc) is 2.15. The topological polar surface area (TPSA) is 44.0 Å². The van der Waals surface area contributed by atoms with Gasteiger partial charge in [0.05, 0.1) is 17.7 Å². The second-order valence-electron chi connectivity index (χ2n) is 2.84. The number of hydrogen-bond donors (Lipinski definition) is 1. The highest BCUT2D eigenvalue weighted by atomic mass is 16.3. The van der Waals surface area contributed by atoms with E-state index < -0.39 is 6.10 Å². The second-order valence-corrected chi connectivity index (χ2v) is 2.84. The Balaban J connectivity index is 2.85. The summed E-state index contributed by atoms with van der Waals surface area (Å²) in [6.07, 6.45) is 3.02. The monoisotopic (exact) mass is 173 g/mol. The first-order chi connectivity index (χ1) is 6.22. The Hall–Kier alpha value is -1.59. The van der Waals surface area contributed by atoms with Gasteiger partial charge in [0, 0.05) is 0 Å². The number of aliphatic hydroxyl groups excluding tert-OH is 1. The minimum Gasteiger partial charge on any atom is -0.389 e. The summed E-state index contributed by atoms with van der Waals surface area (Å²) in [6.45, 7) is 1.69. The van der Waals surface area contributed by atoms with Gasteiger partial charge in [-0.2, -0.15) is 5.26 Å². The molecule has 1 rings (SSSR count). The van der Waals surface area contributed by atoms with E-state index in [1.165, 1.54) is 0 Å². The van der Waals surface area contributed by atoms with Crippen LogP contribution in [-0.2, 0) is 0 Å². The molecule has 1 N–H and O–H groups in total. The van der Waals surface area contributed by atoms with Gasteiger partial charge in [-0.15, -0.1) is 0 Å². The smallest absolute Gasteiger partial charge is 0.0991 e. The molecular formula is C11H11NO. The van der Waals surface area contributed by atoms with Crippen molar-refractivity contribution in [2.75, 3.05) is 0 Å². The Kier molecular flexibility index (Phi) is 3.24. The van der Waals surface area contributed by atoms with Crippen molar-refractivity contribution in [3.05, 3.63) is 41.5 Å². The highest BCUT2D eigenvalue weighted by molar-refractivity contribution is 5.52. The molecule has 0 bridgehead atoms. The van der Waals surface area contributed by atoms with Gasteiger partial charge in [-0.1, -0.05) is 24.3 Å². The predicted octanol–water partition coefficient (Wildman–Crippen LogP) is 1.95. The van der Waals surface area contributed by atoms with Crippen LogP contribution in [0.2, 0.25) is 0 Å². The Labute approximate surface area is 77.8 Å². The Bertz CT molecular complexity index is 347. The molecular weight excluding hydrogens is 162 g/mol. The molecule has 13 heavy (non-hydrogen) atoms. The summed E-state index contributed by atoms with van der Waals surface area (Å²) in [6, 6.07) is 9.29. The quantitative estimate of drug-likeness (QED) is 0.742. The fourth-order valence-electron chi connectivity index (χ4n) is 0.962. The normalized spacial score (nSPS) is 12.7. The molecule has 0 aliphatic carbocycles. The van der Waals surface area contributed by atoms with E-state index in [2.05, 4.69) is 6.07 Å². The first-order valence-electron chi connectivity index (χ1n) is 4.09. The van der Waals surface area contributed by atoms with Gasteiger partial charge in [0.15, 0.2) is 0 Å². The number of nitriles is 1. The fraction of sp³-hybridized carbons (Fsp3) is 0.182. The third-order valence-electron chi connectivity index (χ3n) is 1.58. The van der Waals surface area contributed by atoms with E-state index in [0.717, 1.165) is 5.56 Å². The maximum atomic E-state index is 8.99. The van der Waals surface area contributed by atoms with Gasteiger partial charge in [0.25, 0.3) is 0 Å². The Morgan fingerprint density at radius 2 is 2.31 bits per heavy atom. The van der Waals surface area contributed by atoms with Crippen LogP contribution in [0.3, 0.4) is 0 Å². The number of hydrogen-bond acceptors (Lipinski definition) is 2. The summed E-state index contributed by atoms with van der Waals surface area (Å²) in [5.41, 5.74) is 1.56. The Morgan fingerprint density at radius 3 is 2.92 bits per heavy atom. The molecule has 0 aliphatic heterocycles. The summed E-state index contributed by atoms with van der Waals surface area (Å²) < 4.78 is 0. The van der Waals surface area contributed by atoms with Gasteiger partial charge in [-0.05, 0) is 24.6 Å². The summed E-state index contributed by atoms with van der Waals surface area (Å²) in [7, 11) is 0. The summed E-state index contributed by atoms with van der Waals surface area (Å²) >= 11 is 0. The van der Waals surface area contributed by atoms with Crippen LogP contribution in [0.25, 0.3) is 6.08 Å². The summed E-state index contributed by atoms with van der Waals surface area (Å²) in [5.74, 6) is 0. The second kappa shape index (κ2) is 4.44. The van der Waals surface area contributed by atoms with E-state index in [4.69, 9.17) is 10.4 Å². The van der Waals surface area contributed by atoms with Crippen molar-refractivity contribution in [2.24, 2.45) is 0 Å². The lowest BCUT2D eigenvalue weighted by Gasteiger charge is -1.95. The maximum Gasteiger partial charge on any atom is 0.0991 e. The molecule has 0 radical (unpaired) electrons. The van der Waals surface area contributed by atoms with Crippen molar-refractivity contribution in [3.63, 3.8) is 0 Å². The number of nitrogens with zero attached hydrogens (tertiary/aromatic N) is 1. The Morgan fingerprint density at radius 1 is 1.54 bits per heavy atom. The van der Waals surface area contributed by atoms with Crippen molar-refractivity contribution in [1.82, 2.24) is 0 Å². The van der Waals surface area contributed by atoms with Crippen LogP contribution >= 0.6 is 0 Å². The van der Waals surface area contributed by atoms with Gasteiger partial charge in [0.2, 0.25) is 0 Å². The van der Waals surface area contributed by atoms with Crippen molar-refractivity contribution in [2.45, 2.75) is 13.0 Å². The van der Waals surface area contributed by atoms with E-state index >= 15 is 0 Å². The van der Waals surface area contributed by atoms with Gasteiger partial charge < -0.3 is 5.11 Å². The minimum atomic E-state index is -0.453. The van der Waals surface area contributed by atoms with Crippen molar-refractivity contribution >= 4 is 6.08 Å². The lowest BCUT2D eigenvalue weighted by Crippen LogP contribution is -1.91. The molecule has 1 atom stereocenters. The molecule has 66 valence electrons. The number of benzene rings is 1. The predicted molar refractivity (Wildman–Crippen MR) is 51.9 cm³/mol. The largest absolute Gasteiger partial charge is 0.389 e. The van der Waals surface area contributed by atoms with Crippen molar-refractivity contribution < 1.29 is 5.11 Å². The summed E-state index contributed by atoms with van der Waals surface area (Å²) in [4.78, 5) is 0. The van der Waals surface area contributed by atoms with E-state index in [1.807, 2.05) is 12.1 Å². The molecule has 1 unspecified atom stereocenters. The highest BCUT2D eigenvalue weighted by Gasteiger charge is 1.91. The molecule has 2 heteroatoms. The summed E-state index contributed by atoms with van der Waals surface area (Å²) in [5, 5.41) is 17.6. The first-order valence-corrected chi connectivity index (χ1v) is 4.09. The average molecular weight is 173 g/mol. The van der Waals surface area contributed by atoms with Crippen LogP contribution < -0.4 is 0 Å². The van der Waals surface area contributed by atoms with Crippen LogP contribution in [0.1, 0.15) is 18.1 Å². The zero-order valence-corrected chi connectivity index (χ0v) is 7.44. The molecule has 1 aromatic carbocycles. The van der Waals surface area contributed by atoms with Gasteiger partial charge in [-0.3, -0.25) is 0 Å². The van der Waals surface area contributed by atoms with E-state index in [9.17, 15) is 0 Å². The molecule has 1 aromatic rings. The van der Waals surface area contributed by atoms with Crippen molar-refractivity contribution in [1.29, 1.82) is 5.26 Å². The first kappa shape index (κ1) is 9.50. The number of aliphatic hydroxyl groups is 1. The van der Waals surface area contributed by atoms with Crippen LogP contribution in [0.15, 0.2) is 30.3 Å². The van der Waals surface area contributed by atoms with Crippen LogP contribution in [0.4, 0.5) is 0 Å². The van der Waals surface area contributed by atoms with Crippen LogP contribution in [0, 0.1) is 11.3 Å². The minimum absolute atomic E-state index is 0.453. The number of rotatable bonds is 2. The standard InChI is InChI=1S/C11H11NO/c1-9(13)5-6-10-3-2-4-11(7-10)8-12/h2-7,9,13H,1H3/b6-5+. The lowest BCUT2D eigenvalue weighted by molar-refractivity contribution is 0.245. The van der Waals surface area contributed by atoms with Gasteiger partial charge in [-0.25, -0.2) is 0 Å². The lowest BCUT2D eigenvalue weighted by atomic mass is 10.1. The van der Waals surface area contributed by atoms with E-state index in [-0.39, 0.29) is 0 Å². The molecule has 0 heterocycles. The van der Waals surface area contributed by atoms with Gasteiger partial charge >= 0.3 is 0 Å². The molecule has 0 spiro atoms. The zero-order chi connectivity index (χ0) is 9.68. The van der Waals surface area contributed by atoms with E-state index in [0.29, 0.717) is 5.56 Å². The SMILES string of the molecule is CC(O)/C=C/c1cccc(C#N)c1. The van der Waals surface area contributed by atoms with Gasteiger partial charge in [0.1, 0.15) is 0 Å². The zero-order valence-electron chi connectivity index (χ0n) is 7.44. The van der Waals surface area contributed by atoms with E-state index in [1.54, 1.807) is 31.2 Å². The molecule has 0 fully saturated rings. The molecule has 0 aliphatic rings. The molecule has 2 nitrogen and oxygen atoms in total. The third kappa shape index (κ3) is 3.10. The van der Waals surface area contributed by atoms with Crippen LogP contribution in [-0.4, -0.2) is 11.2 Å².